The summed E-state index contributed by atoms with van der Waals surface area (Å²) in [4.78, 5) is 17.7. The summed E-state index contributed by atoms with van der Waals surface area (Å²) < 4.78 is 19.3. The summed E-state index contributed by atoms with van der Waals surface area (Å²) in [5, 5.41) is 2.89. The minimum atomic E-state index is -0.403. The van der Waals surface area contributed by atoms with Crippen LogP contribution in [0.2, 0.25) is 0 Å². The molecular weight excluding hydrogens is 351 g/mol. The molecule has 0 radical (unpaired) electrons. The van der Waals surface area contributed by atoms with Crippen molar-refractivity contribution in [3.05, 3.63) is 12.0 Å². The average Bonchev–Trinajstić information content (AvgIpc) is 3.04. The Hall–Kier alpha value is -1.42. The van der Waals surface area contributed by atoms with Gasteiger partial charge in [0.15, 0.2) is 0 Å². The molecule has 156 valence electrons. The molecule has 0 aromatic carbocycles. The van der Waals surface area contributed by atoms with E-state index in [2.05, 4.69) is 10.2 Å². The number of likely N-dealkylation sites (tertiary alicyclic amines) is 2. The van der Waals surface area contributed by atoms with Gasteiger partial charge in [0.05, 0.1) is 18.8 Å². The van der Waals surface area contributed by atoms with Gasteiger partial charge in [-0.15, -0.1) is 0 Å². The van der Waals surface area contributed by atoms with Gasteiger partial charge in [0.25, 0.3) is 0 Å². The molecule has 0 bridgehead atoms. The zero-order chi connectivity index (χ0) is 20.0. The minimum Gasteiger partial charge on any atom is -0.376 e. The molecule has 0 saturated carbocycles. The molecule has 27 heavy (non-hydrogen) atoms. The van der Waals surface area contributed by atoms with Crippen LogP contribution in [0, 0.1) is 0 Å². The number of rotatable bonds is 7. The Labute approximate surface area is 161 Å². The summed E-state index contributed by atoms with van der Waals surface area (Å²) in [6, 6.07) is -0.147. The molecule has 2 saturated heterocycles. The first kappa shape index (κ1) is 21.9. The Bertz CT molecular complexity index is 510. The number of piperidine rings is 1. The van der Waals surface area contributed by atoms with E-state index < -0.39 is 6.29 Å². The van der Waals surface area contributed by atoms with Crippen molar-refractivity contribution in [2.24, 2.45) is 11.5 Å². The number of allylic oxidation sites excluding steroid dienone is 1. The van der Waals surface area contributed by atoms with Crippen LogP contribution in [0.3, 0.4) is 0 Å². The van der Waals surface area contributed by atoms with Crippen molar-refractivity contribution >= 4 is 6.03 Å². The lowest BCUT2D eigenvalue weighted by molar-refractivity contribution is -0.0217. The second-order valence-corrected chi connectivity index (χ2v) is 7.52. The number of amides is 2. The number of urea groups is 1. The number of hydrogen-bond acceptors (Lipinski definition) is 6. The van der Waals surface area contributed by atoms with Gasteiger partial charge in [0.2, 0.25) is 0 Å². The molecule has 5 N–H and O–H groups in total. The molecule has 9 heteroatoms. The van der Waals surface area contributed by atoms with E-state index in [0.29, 0.717) is 19.6 Å². The maximum atomic E-state index is 13.2. The SMILES string of the molecule is CC/C(F)=C\NC(N)N1CCC(OCC2C(N)CCN2C(=O)N(C)C)CC1. The maximum Gasteiger partial charge on any atom is 0.319 e. The highest BCUT2D eigenvalue weighted by molar-refractivity contribution is 5.74. The van der Waals surface area contributed by atoms with Crippen molar-refractivity contribution in [1.82, 2.24) is 20.0 Å². The van der Waals surface area contributed by atoms with Gasteiger partial charge in [-0.2, -0.15) is 0 Å². The minimum absolute atomic E-state index is 0.0178. The topological polar surface area (TPSA) is 100 Å². The molecular formula is C18H35FN6O2. The zero-order valence-electron chi connectivity index (χ0n) is 16.7. The lowest BCUT2D eigenvalue weighted by Crippen LogP contribution is -2.54. The van der Waals surface area contributed by atoms with Gasteiger partial charge in [0.1, 0.15) is 12.1 Å². The highest BCUT2D eigenvalue weighted by Crippen LogP contribution is 2.21. The van der Waals surface area contributed by atoms with Crippen LogP contribution in [0.15, 0.2) is 12.0 Å². The first-order valence-electron chi connectivity index (χ1n) is 9.78. The van der Waals surface area contributed by atoms with Crippen LogP contribution >= 0.6 is 0 Å². The number of nitrogens with one attached hydrogen (secondary N) is 1. The van der Waals surface area contributed by atoms with E-state index in [4.69, 9.17) is 16.2 Å². The maximum absolute atomic E-state index is 13.2. The summed E-state index contributed by atoms with van der Waals surface area (Å²) in [5.41, 5.74) is 12.3. The molecule has 0 aliphatic carbocycles. The second-order valence-electron chi connectivity index (χ2n) is 7.52. The molecule has 0 aromatic rings. The molecule has 2 aliphatic heterocycles. The van der Waals surface area contributed by atoms with Crippen molar-refractivity contribution in [3.8, 4) is 0 Å². The van der Waals surface area contributed by atoms with Gasteiger partial charge < -0.3 is 25.6 Å². The van der Waals surface area contributed by atoms with Crippen LogP contribution in [-0.2, 0) is 4.74 Å². The Balaban J connectivity index is 1.76. The third-order valence-electron chi connectivity index (χ3n) is 5.35. The fourth-order valence-electron chi connectivity index (χ4n) is 3.52. The fraction of sp³-hybridized carbons (Fsp3) is 0.833. The van der Waals surface area contributed by atoms with Crippen molar-refractivity contribution in [3.63, 3.8) is 0 Å². The van der Waals surface area contributed by atoms with Crippen LogP contribution in [-0.4, -0.2) is 85.5 Å². The summed E-state index contributed by atoms with van der Waals surface area (Å²) >= 11 is 0. The molecule has 8 nitrogen and oxygen atoms in total. The number of carbonyl (C=O) groups is 1. The van der Waals surface area contributed by atoms with E-state index in [0.717, 1.165) is 32.4 Å². The number of hydrogen-bond donors (Lipinski definition) is 3. The summed E-state index contributed by atoms with van der Waals surface area (Å²) in [6.45, 7) is 4.44. The first-order valence-corrected chi connectivity index (χ1v) is 9.78. The lowest BCUT2D eigenvalue weighted by atomic mass is 10.1. The number of nitrogens with two attached hydrogens (primary N) is 2. The van der Waals surface area contributed by atoms with Gasteiger partial charge in [-0.3, -0.25) is 10.6 Å². The third-order valence-corrected chi connectivity index (χ3v) is 5.35. The monoisotopic (exact) mass is 386 g/mol. The predicted molar refractivity (Wildman–Crippen MR) is 103 cm³/mol. The molecule has 2 amide bonds. The highest BCUT2D eigenvalue weighted by atomic mass is 19.1. The van der Waals surface area contributed by atoms with E-state index in [1.807, 2.05) is 4.90 Å². The first-order chi connectivity index (χ1) is 12.8. The van der Waals surface area contributed by atoms with E-state index in [-0.39, 0.29) is 30.0 Å². The molecule has 0 spiro atoms. The normalized spacial score (nSPS) is 26.3. The Morgan fingerprint density at radius 2 is 2.00 bits per heavy atom. The third kappa shape index (κ3) is 6.03. The zero-order valence-corrected chi connectivity index (χ0v) is 16.7. The van der Waals surface area contributed by atoms with Crippen molar-refractivity contribution in [1.29, 1.82) is 0 Å². The molecule has 3 unspecified atom stereocenters. The van der Waals surface area contributed by atoms with Crippen LogP contribution < -0.4 is 16.8 Å². The van der Waals surface area contributed by atoms with E-state index in [1.54, 1.807) is 25.9 Å². The van der Waals surface area contributed by atoms with Crippen LogP contribution in [0.25, 0.3) is 0 Å². The summed E-state index contributed by atoms with van der Waals surface area (Å²) in [5.74, 6) is -0.214. The molecule has 2 fully saturated rings. The number of nitrogens with zero attached hydrogens (tertiary/aromatic N) is 3. The quantitative estimate of drug-likeness (QED) is 0.554. The molecule has 0 aromatic heterocycles. The van der Waals surface area contributed by atoms with E-state index in [9.17, 15) is 9.18 Å². The number of carbonyl (C=O) groups excluding carboxylic acids is 1. The number of ether oxygens (including phenoxy) is 1. The van der Waals surface area contributed by atoms with Gasteiger partial charge in [-0.25, -0.2) is 9.18 Å². The van der Waals surface area contributed by atoms with Crippen molar-refractivity contribution in [2.75, 3.05) is 40.3 Å². The van der Waals surface area contributed by atoms with Gasteiger partial charge in [0, 0.05) is 46.0 Å². The lowest BCUT2D eigenvalue weighted by Gasteiger charge is -2.36. The van der Waals surface area contributed by atoms with Crippen LogP contribution in [0.1, 0.15) is 32.6 Å². The summed E-state index contributed by atoms with van der Waals surface area (Å²) in [6.07, 6.45) is 3.91. The predicted octanol–water partition coefficient (Wildman–Crippen LogP) is 0.603. The molecule has 2 heterocycles. The summed E-state index contributed by atoms with van der Waals surface area (Å²) in [7, 11) is 3.50. The Morgan fingerprint density at radius 1 is 1.33 bits per heavy atom. The van der Waals surface area contributed by atoms with Crippen LogP contribution in [0.5, 0.6) is 0 Å². The van der Waals surface area contributed by atoms with Crippen molar-refractivity contribution < 1.29 is 13.9 Å². The number of halogens is 1. The molecule has 3 atom stereocenters. The van der Waals surface area contributed by atoms with Gasteiger partial charge in [-0.1, -0.05) is 6.92 Å². The molecule has 2 aliphatic rings. The average molecular weight is 387 g/mol. The van der Waals surface area contributed by atoms with Gasteiger partial charge in [-0.05, 0) is 25.7 Å². The van der Waals surface area contributed by atoms with E-state index in [1.165, 1.54) is 6.20 Å². The Kier molecular flexibility index (Phi) is 8.28. The molecule has 2 rings (SSSR count). The fourth-order valence-corrected chi connectivity index (χ4v) is 3.52. The van der Waals surface area contributed by atoms with Gasteiger partial charge >= 0.3 is 6.03 Å². The largest absolute Gasteiger partial charge is 0.376 e. The second kappa shape index (κ2) is 10.2. The van der Waals surface area contributed by atoms with Crippen molar-refractivity contribution in [2.45, 2.75) is 57.1 Å². The smallest absolute Gasteiger partial charge is 0.319 e. The standard InChI is InChI=1S/C18H35FN6O2/c1-4-13(19)11-22-17(21)24-8-5-14(6-9-24)27-12-16-15(20)7-10-25(16)18(26)23(2)3/h11,14-17,22H,4-10,12,20-21H2,1-3H3/b13-11+. The van der Waals surface area contributed by atoms with E-state index >= 15 is 0 Å². The van der Waals surface area contributed by atoms with Crippen LogP contribution in [0.4, 0.5) is 9.18 Å². The Morgan fingerprint density at radius 3 is 2.59 bits per heavy atom. The highest BCUT2D eigenvalue weighted by Gasteiger charge is 2.36.